The van der Waals surface area contributed by atoms with E-state index in [1.54, 1.807) is 12.3 Å². The second kappa shape index (κ2) is 7.00. The first-order valence-corrected chi connectivity index (χ1v) is 7.88. The molecule has 0 aromatic carbocycles. The van der Waals surface area contributed by atoms with Gasteiger partial charge in [-0.2, -0.15) is 4.98 Å². The molecule has 0 aliphatic heterocycles. The molecule has 1 N–H and O–H groups in total. The summed E-state index contributed by atoms with van der Waals surface area (Å²) in [6, 6.07) is 3.57. The van der Waals surface area contributed by atoms with Gasteiger partial charge in [-0.15, -0.1) is 0 Å². The molecule has 0 aliphatic carbocycles. The summed E-state index contributed by atoms with van der Waals surface area (Å²) in [5.41, 5.74) is -0.133. The highest BCUT2D eigenvalue weighted by molar-refractivity contribution is 9.10. The standard InChI is InChI=1S/C15H19BrN4O2/c1-15(2,3)14-19-13(22-20-14)6-4-5-12(21)18-11-8-7-10(16)9-17-11/h7-9H,4-6H2,1-3H3,(H,17,18,21). The number of nitrogens with zero attached hydrogens (tertiary/aromatic N) is 3. The highest BCUT2D eigenvalue weighted by Gasteiger charge is 2.20. The lowest BCUT2D eigenvalue weighted by Crippen LogP contribution is -2.13. The normalized spacial score (nSPS) is 11.5. The van der Waals surface area contributed by atoms with Crippen LogP contribution in [0.4, 0.5) is 5.82 Å². The first-order chi connectivity index (χ1) is 10.3. The number of amides is 1. The molecule has 0 atom stereocenters. The van der Waals surface area contributed by atoms with Crippen LogP contribution in [0, 0.1) is 0 Å². The fourth-order valence-electron chi connectivity index (χ4n) is 1.72. The summed E-state index contributed by atoms with van der Waals surface area (Å²) < 4.78 is 6.07. The smallest absolute Gasteiger partial charge is 0.226 e. The molecule has 2 heterocycles. The molecular weight excluding hydrogens is 348 g/mol. The Balaban J connectivity index is 1.77. The van der Waals surface area contributed by atoms with Gasteiger partial charge < -0.3 is 9.84 Å². The largest absolute Gasteiger partial charge is 0.339 e. The average molecular weight is 367 g/mol. The Hall–Kier alpha value is -1.76. The van der Waals surface area contributed by atoms with Gasteiger partial charge in [0.15, 0.2) is 5.82 Å². The summed E-state index contributed by atoms with van der Waals surface area (Å²) in [4.78, 5) is 20.3. The molecule has 22 heavy (non-hydrogen) atoms. The summed E-state index contributed by atoms with van der Waals surface area (Å²) in [5.74, 6) is 1.72. The van der Waals surface area contributed by atoms with Gasteiger partial charge in [0.05, 0.1) is 0 Å². The maximum absolute atomic E-state index is 11.8. The van der Waals surface area contributed by atoms with E-state index in [4.69, 9.17) is 4.52 Å². The molecule has 0 saturated heterocycles. The maximum Gasteiger partial charge on any atom is 0.226 e. The van der Waals surface area contributed by atoms with Gasteiger partial charge in [-0.05, 0) is 34.5 Å². The number of aryl methyl sites for hydroxylation is 1. The van der Waals surface area contributed by atoms with Crippen molar-refractivity contribution in [1.82, 2.24) is 15.1 Å². The van der Waals surface area contributed by atoms with Crippen LogP contribution in [-0.2, 0) is 16.6 Å². The van der Waals surface area contributed by atoms with Crippen LogP contribution >= 0.6 is 15.9 Å². The second-order valence-corrected chi connectivity index (χ2v) is 6.94. The van der Waals surface area contributed by atoms with E-state index in [0.29, 0.717) is 36.8 Å². The lowest BCUT2D eigenvalue weighted by Gasteiger charge is -2.10. The van der Waals surface area contributed by atoms with Crippen LogP contribution in [0.1, 0.15) is 45.3 Å². The number of hydrogen-bond donors (Lipinski definition) is 1. The van der Waals surface area contributed by atoms with Crippen molar-refractivity contribution in [1.29, 1.82) is 0 Å². The maximum atomic E-state index is 11.8. The van der Waals surface area contributed by atoms with E-state index in [-0.39, 0.29) is 11.3 Å². The highest BCUT2D eigenvalue weighted by atomic mass is 79.9. The topological polar surface area (TPSA) is 80.9 Å². The third-order valence-corrected chi connectivity index (χ3v) is 3.40. The van der Waals surface area contributed by atoms with Crippen LogP contribution < -0.4 is 5.32 Å². The van der Waals surface area contributed by atoms with Crippen molar-refractivity contribution in [3.63, 3.8) is 0 Å². The molecular formula is C15H19BrN4O2. The third-order valence-electron chi connectivity index (χ3n) is 2.93. The van der Waals surface area contributed by atoms with Gasteiger partial charge in [0.2, 0.25) is 11.8 Å². The van der Waals surface area contributed by atoms with Gasteiger partial charge >= 0.3 is 0 Å². The summed E-state index contributed by atoms with van der Waals surface area (Å²) in [5, 5.41) is 6.71. The predicted molar refractivity (Wildman–Crippen MR) is 86.5 cm³/mol. The minimum absolute atomic E-state index is 0.0783. The number of rotatable bonds is 5. The molecule has 6 nitrogen and oxygen atoms in total. The summed E-state index contributed by atoms with van der Waals surface area (Å²) in [6.45, 7) is 6.08. The van der Waals surface area contributed by atoms with Crippen LogP contribution in [0.25, 0.3) is 0 Å². The predicted octanol–water partition coefficient (Wildman–Crippen LogP) is 3.49. The Kier molecular flexibility index (Phi) is 5.28. The monoisotopic (exact) mass is 366 g/mol. The van der Waals surface area contributed by atoms with E-state index in [9.17, 15) is 4.79 Å². The van der Waals surface area contributed by atoms with E-state index in [0.717, 1.165) is 4.47 Å². The van der Waals surface area contributed by atoms with Crippen LogP contribution in [0.3, 0.4) is 0 Å². The molecule has 0 radical (unpaired) electrons. The molecule has 2 aromatic rings. The number of anilines is 1. The van der Waals surface area contributed by atoms with Crippen LogP contribution in [-0.4, -0.2) is 21.0 Å². The van der Waals surface area contributed by atoms with E-state index in [1.165, 1.54) is 0 Å². The quantitative estimate of drug-likeness (QED) is 0.875. The van der Waals surface area contributed by atoms with Crippen molar-refractivity contribution in [2.24, 2.45) is 0 Å². The molecule has 2 rings (SSSR count). The number of aromatic nitrogens is 3. The van der Waals surface area contributed by atoms with Crippen LogP contribution in [0.5, 0.6) is 0 Å². The van der Waals surface area contributed by atoms with E-state index in [1.807, 2.05) is 26.8 Å². The Morgan fingerprint density at radius 1 is 1.36 bits per heavy atom. The molecule has 118 valence electrons. The number of carbonyl (C=O) groups is 1. The molecule has 7 heteroatoms. The number of hydrogen-bond acceptors (Lipinski definition) is 5. The molecule has 0 unspecified atom stereocenters. The van der Waals surface area contributed by atoms with E-state index >= 15 is 0 Å². The van der Waals surface area contributed by atoms with Crippen molar-refractivity contribution in [3.05, 3.63) is 34.5 Å². The molecule has 0 spiro atoms. The molecule has 0 saturated carbocycles. The summed E-state index contributed by atoms with van der Waals surface area (Å²) >= 11 is 3.30. The average Bonchev–Trinajstić information content (AvgIpc) is 2.90. The molecule has 0 bridgehead atoms. The SMILES string of the molecule is CC(C)(C)c1noc(CCCC(=O)Nc2ccc(Br)cn2)n1. The van der Waals surface area contributed by atoms with Crippen molar-refractivity contribution >= 4 is 27.7 Å². The highest BCUT2D eigenvalue weighted by Crippen LogP contribution is 2.19. The molecule has 2 aromatic heterocycles. The summed E-state index contributed by atoms with van der Waals surface area (Å²) in [6.07, 6.45) is 3.26. The third kappa shape index (κ3) is 4.91. The van der Waals surface area contributed by atoms with Gasteiger partial charge in [-0.25, -0.2) is 4.98 Å². The van der Waals surface area contributed by atoms with E-state index < -0.39 is 0 Å². The Labute approximate surface area is 137 Å². The Morgan fingerprint density at radius 2 is 2.14 bits per heavy atom. The zero-order chi connectivity index (χ0) is 16.2. The lowest BCUT2D eigenvalue weighted by atomic mass is 9.96. The number of pyridine rings is 1. The zero-order valence-electron chi connectivity index (χ0n) is 12.9. The van der Waals surface area contributed by atoms with Crippen molar-refractivity contribution in [2.75, 3.05) is 5.32 Å². The van der Waals surface area contributed by atoms with Gasteiger partial charge in [0.1, 0.15) is 5.82 Å². The summed E-state index contributed by atoms with van der Waals surface area (Å²) in [7, 11) is 0. The van der Waals surface area contributed by atoms with Gasteiger partial charge in [0.25, 0.3) is 0 Å². The zero-order valence-corrected chi connectivity index (χ0v) is 14.5. The lowest BCUT2D eigenvalue weighted by molar-refractivity contribution is -0.116. The van der Waals surface area contributed by atoms with Crippen LogP contribution in [0.2, 0.25) is 0 Å². The van der Waals surface area contributed by atoms with Gasteiger partial charge in [-0.3, -0.25) is 4.79 Å². The fraction of sp³-hybridized carbons (Fsp3) is 0.467. The van der Waals surface area contributed by atoms with Crippen molar-refractivity contribution < 1.29 is 9.32 Å². The first-order valence-electron chi connectivity index (χ1n) is 7.09. The number of nitrogens with one attached hydrogen (secondary N) is 1. The molecule has 0 aliphatic rings. The molecule has 1 amide bonds. The van der Waals surface area contributed by atoms with Crippen LogP contribution in [0.15, 0.2) is 27.3 Å². The van der Waals surface area contributed by atoms with Crippen molar-refractivity contribution in [2.45, 2.75) is 45.4 Å². The van der Waals surface area contributed by atoms with E-state index in [2.05, 4.69) is 36.4 Å². The minimum atomic E-state index is -0.133. The number of carbonyl (C=O) groups excluding carboxylic acids is 1. The Morgan fingerprint density at radius 3 is 2.73 bits per heavy atom. The first kappa shape index (κ1) is 16.6. The van der Waals surface area contributed by atoms with Gasteiger partial charge in [-0.1, -0.05) is 25.9 Å². The van der Waals surface area contributed by atoms with Gasteiger partial charge in [0, 0.05) is 28.9 Å². The van der Waals surface area contributed by atoms with Crippen molar-refractivity contribution in [3.8, 4) is 0 Å². The number of halogens is 1. The fourth-order valence-corrected chi connectivity index (χ4v) is 1.95. The second-order valence-electron chi connectivity index (χ2n) is 6.03. The molecule has 0 fully saturated rings. The Bertz CT molecular complexity index is 632. The minimum Gasteiger partial charge on any atom is -0.339 e.